The Morgan fingerprint density at radius 3 is 2.28 bits per heavy atom. The molecule has 3 rings (SSSR count). The van der Waals surface area contributed by atoms with Crippen LogP contribution >= 0.6 is 0 Å². The Hall–Kier alpha value is -3.14. The van der Waals surface area contributed by atoms with E-state index < -0.39 is 29.9 Å². The number of amides is 4. The molecule has 0 spiro atoms. The molecule has 10 heteroatoms. The zero-order valence-corrected chi connectivity index (χ0v) is 16.8. The highest BCUT2D eigenvalue weighted by Gasteiger charge is 2.44. The summed E-state index contributed by atoms with van der Waals surface area (Å²) in [5.41, 5.74) is 1.79. The number of esters is 1. The van der Waals surface area contributed by atoms with Crippen LogP contribution in [0.3, 0.4) is 0 Å². The number of ether oxygens (including phenoxy) is 3. The van der Waals surface area contributed by atoms with Crippen molar-refractivity contribution in [2.24, 2.45) is 0 Å². The Balaban J connectivity index is 1.96. The minimum absolute atomic E-state index is 0.0129. The van der Waals surface area contributed by atoms with Crippen LogP contribution in [0, 0.1) is 0 Å². The van der Waals surface area contributed by atoms with Crippen LogP contribution < -0.4 is 9.47 Å². The molecule has 0 N–H and O–H groups in total. The van der Waals surface area contributed by atoms with Crippen molar-refractivity contribution in [1.29, 1.82) is 0 Å². The third kappa shape index (κ3) is 3.63. The van der Waals surface area contributed by atoms with E-state index in [1.807, 2.05) is 11.0 Å². The topological polar surface area (TPSA) is 106 Å². The van der Waals surface area contributed by atoms with E-state index in [0.717, 1.165) is 20.9 Å². The Kier molecular flexibility index (Phi) is 5.73. The summed E-state index contributed by atoms with van der Waals surface area (Å²) in [5.74, 6) is -1.11. The Bertz CT molecular complexity index is 870. The SMILES string of the molecule is COC(=O)C[C@H]1c2cc(OC)c(OC)cc2CCN1CN1C(=O)C(=O)N(C)C1=O. The van der Waals surface area contributed by atoms with Crippen molar-refractivity contribution in [3.8, 4) is 11.5 Å². The normalized spacial score (nSPS) is 19.4. The summed E-state index contributed by atoms with van der Waals surface area (Å²) in [4.78, 5) is 51.8. The molecule has 0 unspecified atom stereocenters. The fourth-order valence-electron chi connectivity index (χ4n) is 3.65. The summed E-state index contributed by atoms with van der Waals surface area (Å²) >= 11 is 0. The van der Waals surface area contributed by atoms with Gasteiger partial charge in [0.25, 0.3) is 0 Å². The standard InChI is InChI=1S/C19H23N3O7/c1-20-17(24)18(25)22(19(20)26)10-21-6-5-11-7-14(27-2)15(28-3)8-12(11)13(21)9-16(23)29-4/h7-8,13H,5-6,9-10H2,1-4H3/t13-/m0/s1. The molecule has 10 nitrogen and oxygen atoms in total. The molecule has 2 aliphatic heterocycles. The van der Waals surface area contributed by atoms with Gasteiger partial charge < -0.3 is 14.2 Å². The highest BCUT2D eigenvalue weighted by Crippen LogP contribution is 2.39. The first-order chi connectivity index (χ1) is 13.8. The number of urea groups is 1. The molecular formula is C19H23N3O7. The van der Waals surface area contributed by atoms with Crippen molar-refractivity contribution in [3.63, 3.8) is 0 Å². The highest BCUT2D eigenvalue weighted by molar-refractivity contribution is 6.44. The lowest BCUT2D eigenvalue weighted by Gasteiger charge is -2.38. The van der Waals surface area contributed by atoms with Gasteiger partial charge >= 0.3 is 23.8 Å². The first-order valence-electron chi connectivity index (χ1n) is 9.01. The molecule has 156 valence electrons. The van der Waals surface area contributed by atoms with Gasteiger partial charge in [0.15, 0.2) is 11.5 Å². The molecule has 0 aromatic heterocycles. The van der Waals surface area contributed by atoms with Crippen molar-refractivity contribution in [1.82, 2.24) is 14.7 Å². The fraction of sp³-hybridized carbons (Fsp3) is 0.474. The average Bonchev–Trinajstić information content (AvgIpc) is 2.91. The van der Waals surface area contributed by atoms with Crippen molar-refractivity contribution in [2.45, 2.75) is 18.9 Å². The highest BCUT2D eigenvalue weighted by atomic mass is 16.5. The largest absolute Gasteiger partial charge is 0.493 e. The second-order valence-electron chi connectivity index (χ2n) is 6.79. The molecule has 1 saturated heterocycles. The molecule has 29 heavy (non-hydrogen) atoms. The van der Waals surface area contributed by atoms with Crippen LogP contribution in [0.4, 0.5) is 4.79 Å². The summed E-state index contributed by atoms with van der Waals surface area (Å²) in [7, 11) is 5.62. The summed E-state index contributed by atoms with van der Waals surface area (Å²) in [6, 6.07) is 2.50. The molecule has 0 saturated carbocycles. The van der Waals surface area contributed by atoms with Crippen LogP contribution in [-0.4, -0.2) is 80.1 Å². The number of fused-ring (bicyclic) bond motifs is 1. The number of rotatable bonds is 6. The minimum Gasteiger partial charge on any atom is -0.493 e. The molecule has 4 amide bonds. The van der Waals surface area contributed by atoms with Crippen LogP contribution in [-0.2, 0) is 25.5 Å². The van der Waals surface area contributed by atoms with Gasteiger partial charge in [0, 0.05) is 19.6 Å². The van der Waals surface area contributed by atoms with Gasteiger partial charge in [-0.05, 0) is 29.7 Å². The second-order valence-corrected chi connectivity index (χ2v) is 6.79. The van der Waals surface area contributed by atoms with Gasteiger partial charge in [-0.15, -0.1) is 0 Å². The van der Waals surface area contributed by atoms with Crippen LogP contribution in [0.1, 0.15) is 23.6 Å². The third-order valence-electron chi connectivity index (χ3n) is 5.27. The number of benzene rings is 1. The predicted molar refractivity (Wildman–Crippen MR) is 99.2 cm³/mol. The average molecular weight is 405 g/mol. The third-order valence-corrected chi connectivity index (χ3v) is 5.27. The smallest absolute Gasteiger partial charge is 0.335 e. The molecule has 2 heterocycles. The molecule has 1 aromatic rings. The van der Waals surface area contributed by atoms with Gasteiger partial charge in [0.05, 0.1) is 34.4 Å². The lowest BCUT2D eigenvalue weighted by atomic mass is 9.90. The van der Waals surface area contributed by atoms with E-state index in [4.69, 9.17) is 14.2 Å². The van der Waals surface area contributed by atoms with E-state index in [1.54, 1.807) is 13.2 Å². The Labute approximate surface area is 167 Å². The molecule has 2 aliphatic rings. The first-order valence-corrected chi connectivity index (χ1v) is 9.01. The van der Waals surface area contributed by atoms with E-state index in [1.165, 1.54) is 21.3 Å². The summed E-state index contributed by atoms with van der Waals surface area (Å²) in [6.45, 7) is 0.363. The fourth-order valence-corrected chi connectivity index (χ4v) is 3.65. The van der Waals surface area contributed by atoms with Crippen LogP contribution in [0.25, 0.3) is 0 Å². The van der Waals surface area contributed by atoms with Gasteiger partial charge in [-0.2, -0.15) is 0 Å². The molecule has 1 fully saturated rings. The number of imide groups is 2. The quantitative estimate of drug-likeness (QED) is 0.384. The van der Waals surface area contributed by atoms with Crippen LogP contribution in [0.15, 0.2) is 12.1 Å². The van der Waals surface area contributed by atoms with Crippen LogP contribution in [0.2, 0.25) is 0 Å². The molecule has 1 aromatic carbocycles. The molecular weight excluding hydrogens is 382 g/mol. The number of carbonyl (C=O) groups is 4. The summed E-state index contributed by atoms with van der Waals surface area (Å²) in [5, 5.41) is 0. The zero-order chi connectivity index (χ0) is 21.3. The van der Waals surface area contributed by atoms with Crippen molar-refractivity contribution >= 4 is 23.8 Å². The summed E-state index contributed by atoms with van der Waals surface area (Å²) < 4.78 is 15.6. The monoisotopic (exact) mass is 405 g/mol. The Morgan fingerprint density at radius 2 is 1.72 bits per heavy atom. The first kappa shape index (κ1) is 20.6. The molecule has 0 bridgehead atoms. The van der Waals surface area contributed by atoms with Crippen molar-refractivity contribution in [3.05, 3.63) is 23.3 Å². The number of methoxy groups -OCH3 is 3. The van der Waals surface area contributed by atoms with Gasteiger partial charge in [0.2, 0.25) is 0 Å². The molecule has 0 radical (unpaired) electrons. The molecule has 1 atom stereocenters. The number of carbonyl (C=O) groups excluding carboxylic acids is 4. The lowest BCUT2D eigenvalue weighted by Crippen LogP contribution is -2.46. The zero-order valence-electron chi connectivity index (χ0n) is 16.8. The van der Waals surface area contributed by atoms with E-state index in [-0.39, 0.29) is 13.1 Å². The van der Waals surface area contributed by atoms with Gasteiger partial charge in [-0.3, -0.25) is 24.2 Å². The maximum atomic E-state index is 12.3. The van der Waals surface area contributed by atoms with Crippen LogP contribution in [0.5, 0.6) is 11.5 Å². The van der Waals surface area contributed by atoms with E-state index in [9.17, 15) is 19.2 Å². The second kappa shape index (κ2) is 8.08. The van der Waals surface area contributed by atoms with Gasteiger partial charge in [0.1, 0.15) is 0 Å². The minimum atomic E-state index is -0.882. The maximum Gasteiger partial charge on any atom is 0.335 e. The van der Waals surface area contributed by atoms with Crippen molar-refractivity contribution in [2.75, 3.05) is 41.6 Å². The number of likely N-dealkylation sites (N-methyl/N-ethyl adjacent to an activating group) is 1. The van der Waals surface area contributed by atoms with Gasteiger partial charge in [-0.1, -0.05) is 0 Å². The lowest BCUT2D eigenvalue weighted by molar-refractivity contribution is -0.144. The van der Waals surface area contributed by atoms with Crippen molar-refractivity contribution < 1.29 is 33.4 Å². The van der Waals surface area contributed by atoms with E-state index in [2.05, 4.69) is 0 Å². The predicted octanol–water partition coefficient (Wildman–Crippen LogP) is 0.544. The maximum absolute atomic E-state index is 12.3. The number of hydrogen-bond acceptors (Lipinski definition) is 8. The van der Waals surface area contributed by atoms with Gasteiger partial charge in [-0.25, -0.2) is 9.69 Å². The number of hydrogen-bond donors (Lipinski definition) is 0. The molecule has 0 aliphatic carbocycles. The van der Waals surface area contributed by atoms with E-state index >= 15 is 0 Å². The van der Waals surface area contributed by atoms with E-state index in [0.29, 0.717) is 24.5 Å². The number of nitrogens with zero attached hydrogens (tertiary/aromatic N) is 3. The summed E-state index contributed by atoms with van der Waals surface area (Å²) in [6.07, 6.45) is 0.617. The Morgan fingerprint density at radius 1 is 1.07 bits per heavy atom.